The van der Waals surface area contributed by atoms with E-state index in [1.807, 2.05) is 30.3 Å². The number of hydrogen-bond acceptors (Lipinski definition) is 6. The van der Waals surface area contributed by atoms with Crippen LogP contribution in [0.1, 0.15) is 48.5 Å². The fourth-order valence-corrected chi connectivity index (χ4v) is 4.88. The first-order valence-corrected chi connectivity index (χ1v) is 12.0. The largest absolute Gasteiger partial charge is 0.508 e. The number of phenols is 1. The van der Waals surface area contributed by atoms with Crippen LogP contribution in [0.25, 0.3) is 22.3 Å². The Hall–Kier alpha value is -3.32. The van der Waals surface area contributed by atoms with Gasteiger partial charge in [-0.2, -0.15) is 0 Å². The Morgan fingerprint density at radius 3 is 2.74 bits per heavy atom. The topological polar surface area (TPSA) is 106 Å². The van der Waals surface area contributed by atoms with E-state index in [2.05, 4.69) is 4.90 Å². The van der Waals surface area contributed by atoms with Crippen LogP contribution < -0.4 is 5.73 Å². The average molecular weight is 465 g/mol. The van der Waals surface area contributed by atoms with Crippen molar-refractivity contribution in [2.24, 2.45) is 11.7 Å². The number of phenolic OH excluding ortho intramolecular Hbond substituents is 1. The first-order chi connectivity index (χ1) is 16.5. The molecule has 1 atom stereocenters. The van der Waals surface area contributed by atoms with Crippen molar-refractivity contribution in [3.8, 4) is 17.1 Å². The van der Waals surface area contributed by atoms with Crippen LogP contribution in [-0.2, 0) is 16.0 Å². The Bertz CT molecular complexity index is 1150. The number of primary amides is 1. The Morgan fingerprint density at radius 2 is 2.00 bits per heavy atom. The van der Waals surface area contributed by atoms with E-state index in [9.17, 15) is 14.7 Å². The van der Waals surface area contributed by atoms with Gasteiger partial charge in [0.25, 0.3) is 0 Å². The lowest BCUT2D eigenvalue weighted by molar-refractivity contribution is -0.118. The SMILES string of the molecule is CCOC(=O)c1c(-c2ccccc2)oc2ccc(O)c(CCN3CCC(CCCC(N)=O)C3)c12. The number of amides is 1. The van der Waals surface area contributed by atoms with Gasteiger partial charge in [0.15, 0.2) is 0 Å². The van der Waals surface area contributed by atoms with Gasteiger partial charge >= 0.3 is 5.97 Å². The van der Waals surface area contributed by atoms with E-state index in [0.29, 0.717) is 46.6 Å². The number of benzene rings is 2. The third-order valence-corrected chi connectivity index (χ3v) is 6.54. The quantitative estimate of drug-likeness (QED) is 0.428. The number of hydrogen-bond donors (Lipinski definition) is 2. The number of esters is 1. The molecule has 0 aliphatic carbocycles. The second-order valence-electron chi connectivity index (χ2n) is 8.89. The zero-order valence-electron chi connectivity index (χ0n) is 19.6. The molecule has 0 saturated carbocycles. The highest BCUT2D eigenvalue weighted by Gasteiger charge is 2.28. The van der Waals surface area contributed by atoms with Crippen molar-refractivity contribution in [1.82, 2.24) is 4.90 Å². The second kappa shape index (κ2) is 10.7. The maximum Gasteiger partial charge on any atom is 0.342 e. The molecule has 2 aromatic carbocycles. The predicted octanol–water partition coefficient (Wildman–Crippen LogP) is 4.50. The molecule has 1 fully saturated rings. The van der Waals surface area contributed by atoms with Crippen molar-refractivity contribution >= 4 is 22.8 Å². The van der Waals surface area contributed by atoms with Gasteiger partial charge in [-0.05, 0) is 57.2 Å². The lowest BCUT2D eigenvalue weighted by Crippen LogP contribution is -2.23. The summed E-state index contributed by atoms with van der Waals surface area (Å²) in [5.41, 5.74) is 7.65. The number of furan rings is 1. The van der Waals surface area contributed by atoms with Crippen molar-refractivity contribution in [3.05, 3.63) is 53.6 Å². The molecule has 0 spiro atoms. The molecule has 7 heteroatoms. The number of nitrogens with zero attached hydrogens (tertiary/aromatic N) is 1. The molecule has 180 valence electrons. The number of rotatable bonds is 10. The summed E-state index contributed by atoms with van der Waals surface area (Å²) in [5, 5.41) is 11.4. The van der Waals surface area contributed by atoms with Gasteiger partial charge in [0.05, 0.1) is 6.61 Å². The maximum atomic E-state index is 13.0. The van der Waals surface area contributed by atoms with Crippen LogP contribution in [0.15, 0.2) is 46.9 Å². The van der Waals surface area contributed by atoms with E-state index < -0.39 is 5.97 Å². The third-order valence-electron chi connectivity index (χ3n) is 6.54. The standard InChI is InChI=1S/C27H32N2O5/c1-2-33-27(32)25-24-20(14-16-29-15-13-18(17-29)7-6-10-23(28)31)21(30)11-12-22(24)34-26(25)19-8-4-3-5-9-19/h3-5,8-9,11-12,18,30H,2,6-7,10,13-17H2,1H3,(H2,28,31). The zero-order valence-corrected chi connectivity index (χ0v) is 19.6. The number of carbonyl (C=O) groups is 2. The molecule has 0 radical (unpaired) electrons. The van der Waals surface area contributed by atoms with Gasteiger partial charge in [-0.15, -0.1) is 0 Å². The first-order valence-electron chi connectivity index (χ1n) is 12.0. The molecule has 4 rings (SSSR count). The van der Waals surface area contributed by atoms with E-state index in [1.165, 1.54) is 0 Å². The van der Waals surface area contributed by atoms with Crippen molar-refractivity contribution in [1.29, 1.82) is 0 Å². The minimum Gasteiger partial charge on any atom is -0.508 e. The lowest BCUT2D eigenvalue weighted by atomic mass is 9.99. The highest BCUT2D eigenvalue weighted by Crippen LogP contribution is 2.39. The summed E-state index contributed by atoms with van der Waals surface area (Å²) >= 11 is 0. The minimum atomic E-state index is -0.456. The Kier molecular flexibility index (Phi) is 7.53. The number of carbonyl (C=O) groups excluding carboxylic acids is 2. The monoisotopic (exact) mass is 464 g/mol. The van der Waals surface area contributed by atoms with Crippen molar-refractivity contribution < 1.29 is 23.8 Å². The molecule has 1 aliphatic rings. The molecule has 3 aromatic rings. The fraction of sp³-hybridized carbons (Fsp3) is 0.407. The van der Waals surface area contributed by atoms with E-state index in [-0.39, 0.29) is 18.3 Å². The zero-order chi connectivity index (χ0) is 24.1. The number of ether oxygens (including phenoxy) is 1. The van der Waals surface area contributed by atoms with Gasteiger partial charge in [0.1, 0.15) is 22.7 Å². The van der Waals surface area contributed by atoms with E-state index in [0.717, 1.165) is 44.5 Å². The van der Waals surface area contributed by atoms with Crippen molar-refractivity contribution in [2.45, 2.75) is 39.0 Å². The molecule has 1 amide bonds. The summed E-state index contributed by atoms with van der Waals surface area (Å²) in [6.45, 7) is 4.71. The number of likely N-dealkylation sites (tertiary alicyclic amines) is 1. The molecule has 1 aromatic heterocycles. The average Bonchev–Trinajstić information content (AvgIpc) is 3.44. The van der Waals surface area contributed by atoms with Gasteiger partial charge in [-0.1, -0.05) is 30.3 Å². The normalized spacial score (nSPS) is 16.2. The highest BCUT2D eigenvalue weighted by atomic mass is 16.5. The summed E-state index contributed by atoms with van der Waals surface area (Å²) in [6, 6.07) is 12.8. The van der Waals surface area contributed by atoms with Crippen LogP contribution in [0.3, 0.4) is 0 Å². The summed E-state index contributed by atoms with van der Waals surface area (Å²) in [7, 11) is 0. The molecule has 1 aliphatic heterocycles. The van der Waals surface area contributed by atoms with Crippen LogP contribution in [0, 0.1) is 5.92 Å². The molecule has 2 heterocycles. The molecule has 1 unspecified atom stereocenters. The highest BCUT2D eigenvalue weighted by molar-refractivity contribution is 6.10. The molecule has 3 N–H and O–H groups in total. The van der Waals surface area contributed by atoms with Gasteiger partial charge in [-0.25, -0.2) is 4.79 Å². The fourth-order valence-electron chi connectivity index (χ4n) is 4.88. The minimum absolute atomic E-state index is 0.149. The summed E-state index contributed by atoms with van der Waals surface area (Å²) < 4.78 is 11.5. The Morgan fingerprint density at radius 1 is 1.21 bits per heavy atom. The smallest absolute Gasteiger partial charge is 0.342 e. The summed E-state index contributed by atoms with van der Waals surface area (Å²) in [6.07, 6.45) is 3.93. The van der Waals surface area contributed by atoms with Gasteiger partial charge in [-0.3, -0.25) is 4.79 Å². The first kappa shape index (κ1) is 23.8. The maximum absolute atomic E-state index is 13.0. The van der Waals surface area contributed by atoms with Crippen molar-refractivity contribution in [2.75, 3.05) is 26.2 Å². The molecule has 1 saturated heterocycles. The summed E-state index contributed by atoms with van der Waals surface area (Å²) in [5.74, 6) is 0.457. The molecule has 34 heavy (non-hydrogen) atoms. The predicted molar refractivity (Wildman–Crippen MR) is 131 cm³/mol. The molecular formula is C27H32N2O5. The molecule has 0 bridgehead atoms. The number of aromatic hydroxyl groups is 1. The number of nitrogens with two attached hydrogens (primary N) is 1. The Balaban J connectivity index is 1.59. The van der Waals surface area contributed by atoms with Crippen LogP contribution in [0.2, 0.25) is 0 Å². The van der Waals surface area contributed by atoms with Crippen molar-refractivity contribution in [3.63, 3.8) is 0 Å². The van der Waals surface area contributed by atoms with Crippen LogP contribution in [0.4, 0.5) is 0 Å². The second-order valence-corrected chi connectivity index (χ2v) is 8.89. The Labute approximate surface area is 199 Å². The third kappa shape index (κ3) is 5.25. The van der Waals surface area contributed by atoms with E-state index in [4.69, 9.17) is 14.9 Å². The van der Waals surface area contributed by atoms with Gasteiger partial charge in [0.2, 0.25) is 5.91 Å². The van der Waals surface area contributed by atoms with E-state index >= 15 is 0 Å². The molecule has 7 nitrogen and oxygen atoms in total. The van der Waals surface area contributed by atoms with Crippen LogP contribution in [0.5, 0.6) is 5.75 Å². The van der Waals surface area contributed by atoms with Crippen LogP contribution >= 0.6 is 0 Å². The van der Waals surface area contributed by atoms with Crippen LogP contribution in [-0.4, -0.2) is 48.1 Å². The lowest BCUT2D eigenvalue weighted by Gasteiger charge is -2.17. The molecular weight excluding hydrogens is 432 g/mol. The summed E-state index contributed by atoms with van der Waals surface area (Å²) in [4.78, 5) is 26.4. The van der Waals surface area contributed by atoms with Gasteiger partial charge in [0, 0.05) is 36.0 Å². The van der Waals surface area contributed by atoms with E-state index in [1.54, 1.807) is 19.1 Å². The van der Waals surface area contributed by atoms with Gasteiger partial charge < -0.3 is 24.9 Å². The number of fused-ring (bicyclic) bond motifs is 1.